The lowest BCUT2D eigenvalue weighted by molar-refractivity contribution is -0.141. The second kappa shape index (κ2) is 8.79. The predicted octanol–water partition coefficient (Wildman–Crippen LogP) is 1.47. The maximum atomic E-state index is 12.2. The summed E-state index contributed by atoms with van der Waals surface area (Å²) in [7, 11) is -0.891. The van der Waals surface area contributed by atoms with Crippen molar-refractivity contribution in [3.63, 3.8) is 0 Å². The van der Waals surface area contributed by atoms with E-state index in [0.29, 0.717) is 5.75 Å². The highest BCUT2D eigenvalue weighted by molar-refractivity contribution is 7.91. The maximum Gasteiger partial charge on any atom is 0.321 e. The zero-order chi connectivity index (χ0) is 19.2. The lowest BCUT2D eigenvalue weighted by Gasteiger charge is -2.10. The second-order valence-corrected chi connectivity index (χ2v) is 7.85. The Morgan fingerprint density at radius 2 is 1.92 bits per heavy atom. The standard InChI is InChI=1S/C16H17NO7S2/c1-22-11-5-6-12(14(8-11)23-2)13(18)10-24-15(19)9-17-26(20,21)16-4-3-7-25-16/h3-8,17H,9-10H2,1-2H3. The van der Waals surface area contributed by atoms with Crippen LogP contribution in [0.15, 0.2) is 39.9 Å². The molecule has 1 heterocycles. The number of thiophene rings is 1. The van der Waals surface area contributed by atoms with E-state index in [4.69, 9.17) is 14.2 Å². The van der Waals surface area contributed by atoms with Crippen LogP contribution < -0.4 is 14.2 Å². The van der Waals surface area contributed by atoms with Crippen molar-refractivity contribution in [2.24, 2.45) is 0 Å². The molecule has 0 unspecified atom stereocenters. The fourth-order valence-electron chi connectivity index (χ4n) is 1.95. The SMILES string of the molecule is COc1ccc(C(=O)COC(=O)CNS(=O)(=O)c2cccs2)c(OC)c1. The molecule has 0 aliphatic rings. The quantitative estimate of drug-likeness (QED) is 0.502. The third-order valence-electron chi connectivity index (χ3n) is 3.24. The van der Waals surface area contributed by atoms with E-state index in [1.54, 1.807) is 17.5 Å². The Bertz CT molecular complexity index is 876. The van der Waals surface area contributed by atoms with Crippen molar-refractivity contribution in [3.8, 4) is 11.5 Å². The molecule has 0 aliphatic heterocycles. The zero-order valence-corrected chi connectivity index (χ0v) is 15.7. The van der Waals surface area contributed by atoms with Crippen molar-refractivity contribution >= 4 is 33.1 Å². The highest BCUT2D eigenvalue weighted by Crippen LogP contribution is 2.25. The molecule has 140 valence electrons. The van der Waals surface area contributed by atoms with Crippen molar-refractivity contribution in [1.82, 2.24) is 4.72 Å². The molecule has 0 spiro atoms. The van der Waals surface area contributed by atoms with Crippen molar-refractivity contribution in [2.75, 3.05) is 27.4 Å². The van der Waals surface area contributed by atoms with Gasteiger partial charge in [-0.25, -0.2) is 8.42 Å². The third-order valence-corrected chi connectivity index (χ3v) is 6.04. The van der Waals surface area contributed by atoms with Gasteiger partial charge in [0.1, 0.15) is 22.3 Å². The highest BCUT2D eigenvalue weighted by Gasteiger charge is 2.19. The number of nitrogens with one attached hydrogen (secondary N) is 1. The fraction of sp³-hybridized carbons (Fsp3) is 0.250. The first-order chi connectivity index (χ1) is 12.4. The molecule has 0 bridgehead atoms. The van der Waals surface area contributed by atoms with Gasteiger partial charge < -0.3 is 14.2 Å². The monoisotopic (exact) mass is 399 g/mol. The summed E-state index contributed by atoms with van der Waals surface area (Å²) in [5.41, 5.74) is 0.222. The molecule has 1 N–H and O–H groups in total. The predicted molar refractivity (Wildman–Crippen MR) is 94.3 cm³/mol. The van der Waals surface area contributed by atoms with E-state index in [0.717, 1.165) is 11.3 Å². The fourth-order valence-corrected chi connectivity index (χ4v) is 3.95. The molecule has 0 amide bonds. The normalized spacial score (nSPS) is 11.0. The van der Waals surface area contributed by atoms with Crippen molar-refractivity contribution in [1.29, 1.82) is 0 Å². The largest absolute Gasteiger partial charge is 0.497 e. The summed E-state index contributed by atoms with van der Waals surface area (Å²) in [5, 5.41) is 1.60. The smallest absolute Gasteiger partial charge is 0.321 e. The van der Waals surface area contributed by atoms with Crippen LogP contribution in [0.3, 0.4) is 0 Å². The van der Waals surface area contributed by atoms with Crippen molar-refractivity contribution in [3.05, 3.63) is 41.3 Å². The van der Waals surface area contributed by atoms with E-state index in [2.05, 4.69) is 4.72 Å². The number of esters is 1. The number of methoxy groups -OCH3 is 2. The minimum atomic E-state index is -3.77. The van der Waals surface area contributed by atoms with E-state index >= 15 is 0 Å². The molecule has 0 atom stereocenters. The molecule has 2 rings (SSSR count). The van der Waals surface area contributed by atoms with Gasteiger partial charge in [0.25, 0.3) is 10.0 Å². The van der Waals surface area contributed by atoms with Crippen LogP contribution in [0.2, 0.25) is 0 Å². The molecule has 0 saturated heterocycles. The third kappa shape index (κ3) is 5.04. The molecule has 0 fully saturated rings. The van der Waals surface area contributed by atoms with Crippen LogP contribution in [0.4, 0.5) is 0 Å². The summed E-state index contributed by atoms with van der Waals surface area (Å²) in [6.45, 7) is -1.12. The summed E-state index contributed by atoms with van der Waals surface area (Å²) < 4.78 is 41.0. The van der Waals surface area contributed by atoms with Gasteiger partial charge in [-0.1, -0.05) is 6.07 Å². The van der Waals surface area contributed by atoms with Gasteiger partial charge >= 0.3 is 5.97 Å². The van der Waals surface area contributed by atoms with Gasteiger partial charge in [0.15, 0.2) is 6.61 Å². The van der Waals surface area contributed by atoms with Crippen LogP contribution in [-0.2, 0) is 19.6 Å². The number of carbonyl (C=O) groups excluding carboxylic acids is 2. The van der Waals surface area contributed by atoms with Crippen LogP contribution >= 0.6 is 11.3 Å². The van der Waals surface area contributed by atoms with E-state index in [1.165, 1.54) is 32.4 Å². The number of rotatable bonds is 9. The number of hydrogen-bond donors (Lipinski definition) is 1. The van der Waals surface area contributed by atoms with Crippen LogP contribution in [0.1, 0.15) is 10.4 Å². The summed E-state index contributed by atoms with van der Waals surface area (Å²) in [4.78, 5) is 23.9. The summed E-state index contributed by atoms with van der Waals surface area (Å²) >= 11 is 1.02. The van der Waals surface area contributed by atoms with Crippen LogP contribution in [0, 0.1) is 0 Å². The van der Waals surface area contributed by atoms with Crippen molar-refractivity contribution < 1.29 is 32.2 Å². The molecule has 26 heavy (non-hydrogen) atoms. The molecule has 1 aromatic carbocycles. The molecule has 10 heteroatoms. The first kappa shape index (κ1) is 19.9. The first-order valence-electron chi connectivity index (χ1n) is 7.31. The Labute approximate surface area is 154 Å². The summed E-state index contributed by atoms with van der Waals surface area (Å²) in [6, 6.07) is 7.60. The summed E-state index contributed by atoms with van der Waals surface area (Å²) in [6.07, 6.45) is 0. The highest BCUT2D eigenvalue weighted by atomic mass is 32.2. The Morgan fingerprint density at radius 1 is 1.15 bits per heavy atom. The molecular weight excluding hydrogens is 382 g/mol. The van der Waals surface area contributed by atoms with Crippen LogP contribution in [0.25, 0.3) is 0 Å². The van der Waals surface area contributed by atoms with Crippen molar-refractivity contribution in [2.45, 2.75) is 4.21 Å². The number of ether oxygens (including phenoxy) is 3. The molecular formula is C16H17NO7S2. The second-order valence-electron chi connectivity index (χ2n) is 4.91. The number of benzene rings is 1. The Balaban J connectivity index is 1.90. The van der Waals surface area contributed by atoms with Gasteiger partial charge in [-0.05, 0) is 23.6 Å². The number of Topliss-reactive ketones (excluding diaryl/α,β-unsaturated/α-hetero) is 1. The average molecular weight is 399 g/mol. The Hall–Kier alpha value is -2.43. The van der Waals surface area contributed by atoms with E-state index in [-0.39, 0.29) is 15.5 Å². The first-order valence-corrected chi connectivity index (χ1v) is 9.67. The van der Waals surface area contributed by atoms with Gasteiger partial charge in [-0.15, -0.1) is 11.3 Å². The lowest BCUT2D eigenvalue weighted by atomic mass is 10.1. The Morgan fingerprint density at radius 3 is 2.54 bits per heavy atom. The molecule has 0 saturated carbocycles. The van der Waals surface area contributed by atoms with Gasteiger partial charge in [-0.2, -0.15) is 4.72 Å². The maximum absolute atomic E-state index is 12.2. The van der Waals surface area contributed by atoms with Crippen LogP contribution in [0.5, 0.6) is 11.5 Å². The molecule has 1 aromatic heterocycles. The zero-order valence-electron chi connectivity index (χ0n) is 14.1. The molecule has 2 aromatic rings. The van der Waals surface area contributed by atoms with Gasteiger partial charge in [0.2, 0.25) is 5.78 Å². The van der Waals surface area contributed by atoms with E-state index < -0.39 is 34.9 Å². The number of sulfonamides is 1. The number of ketones is 1. The average Bonchev–Trinajstić information content (AvgIpc) is 3.19. The van der Waals surface area contributed by atoms with Gasteiger partial charge in [0, 0.05) is 6.07 Å². The number of carbonyl (C=O) groups is 2. The van der Waals surface area contributed by atoms with Gasteiger partial charge in [0.05, 0.1) is 19.8 Å². The molecule has 0 radical (unpaired) electrons. The Kier molecular flexibility index (Phi) is 6.72. The molecule has 0 aliphatic carbocycles. The van der Waals surface area contributed by atoms with E-state index in [9.17, 15) is 18.0 Å². The topological polar surface area (TPSA) is 108 Å². The van der Waals surface area contributed by atoms with Crippen LogP contribution in [-0.4, -0.2) is 47.5 Å². The summed E-state index contributed by atoms with van der Waals surface area (Å²) in [5.74, 6) is -0.563. The number of hydrogen-bond acceptors (Lipinski definition) is 8. The molecule has 8 nitrogen and oxygen atoms in total. The van der Waals surface area contributed by atoms with Gasteiger partial charge in [-0.3, -0.25) is 9.59 Å². The minimum Gasteiger partial charge on any atom is -0.497 e. The lowest BCUT2D eigenvalue weighted by Crippen LogP contribution is -2.31. The minimum absolute atomic E-state index is 0.0874. The van der Waals surface area contributed by atoms with E-state index in [1.807, 2.05) is 0 Å².